The van der Waals surface area contributed by atoms with E-state index in [9.17, 15) is 17.6 Å². The normalized spacial score (nSPS) is 11.9. The minimum Gasteiger partial charge on any atom is -0.324 e. The summed E-state index contributed by atoms with van der Waals surface area (Å²) in [7, 11) is -3.56. The lowest BCUT2D eigenvalue weighted by molar-refractivity contribution is -0.116. The van der Waals surface area contributed by atoms with Gasteiger partial charge < -0.3 is 5.32 Å². The lowest BCUT2D eigenvalue weighted by atomic mass is 9.87. The average Bonchev–Trinajstić information content (AvgIpc) is 2.55. The Balaban J connectivity index is 2.12. The number of hydrogen-bond acceptors (Lipinski definition) is 3. The summed E-state index contributed by atoms with van der Waals surface area (Å²) in [4.78, 5) is 12.1. The molecule has 2 rings (SSSR count). The van der Waals surface area contributed by atoms with Crippen LogP contribution < -0.4 is 9.62 Å². The van der Waals surface area contributed by atoms with E-state index in [1.165, 1.54) is 22.5 Å². The molecule has 5 nitrogen and oxygen atoms in total. The highest BCUT2D eigenvalue weighted by molar-refractivity contribution is 7.92. The number of halogens is 1. The first-order chi connectivity index (χ1) is 12.5. The molecule has 0 saturated carbocycles. The van der Waals surface area contributed by atoms with Crippen molar-refractivity contribution in [1.29, 1.82) is 0 Å². The fourth-order valence-corrected chi connectivity index (χ4v) is 3.52. The van der Waals surface area contributed by atoms with Crippen molar-refractivity contribution in [3.8, 4) is 0 Å². The number of carbonyl (C=O) groups excluding carboxylic acids is 1. The van der Waals surface area contributed by atoms with Crippen molar-refractivity contribution in [1.82, 2.24) is 0 Å². The van der Waals surface area contributed by atoms with Gasteiger partial charge >= 0.3 is 0 Å². The van der Waals surface area contributed by atoms with Crippen LogP contribution in [0.5, 0.6) is 0 Å². The van der Waals surface area contributed by atoms with Crippen LogP contribution in [0.3, 0.4) is 0 Å². The number of carbonyl (C=O) groups is 1. The molecular formula is C20H25FN2O3S. The van der Waals surface area contributed by atoms with Gasteiger partial charge in [-0.1, -0.05) is 45.0 Å². The second-order valence-corrected chi connectivity index (χ2v) is 9.32. The SMILES string of the molecule is CC(C)(C)c1ccc(N(CCC(=O)Nc2ccccc2F)S(C)(=O)=O)cc1. The number of nitrogens with one attached hydrogen (secondary N) is 1. The van der Waals surface area contributed by atoms with Crippen molar-refractivity contribution in [3.63, 3.8) is 0 Å². The summed E-state index contributed by atoms with van der Waals surface area (Å²) in [5.41, 5.74) is 1.60. The van der Waals surface area contributed by atoms with Crippen LogP contribution in [0.25, 0.3) is 0 Å². The smallest absolute Gasteiger partial charge is 0.232 e. The van der Waals surface area contributed by atoms with Crippen molar-refractivity contribution in [2.24, 2.45) is 0 Å². The van der Waals surface area contributed by atoms with E-state index in [0.29, 0.717) is 5.69 Å². The summed E-state index contributed by atoms with van der Waals surface area (Å²) in [6.45, 7) is 6.18. The third kappa shape index (κ3) is 5.79. The number of rotatable bonds is 6. The zero-order valence-corrected chi connectivity index (χ0v) is 16.8. The van der Waals surface area contributed by atoms with Gasteiger partial charge in [-0.15, -0.1) is 0 Å². The Morgan fingerprint density at radius 1 is 1.07 bits per heavy atom. The van der Waals surface area contributed by atoms with E-state index in [-0.39, 0.29) is 24.1 Å². The average molecular weight is 392 g/mol. The molecule has 0 radical (unpaired) electrons. The molecule has 0 fully saturated rings. The maximum atomic E-state index is 13.6. The summed E-state index contributed by atoms with van der Waals surface area (Å²) >= 11 is 0. The maximum absolute atomic E-state index is 13.6. The molecule has 2 aromatic rings. The van der Waals surface area contributed by atoms with E-state index < -0.39 is 21.7 Å². The van der Waals surface area contributed by atoms with E-state index in [2.05, 4.69) is 26.1 Å². The van der Waals surface area contributed by atoms with Crippen LogP contribution >= 0.6 is 0 Å². The first-order valence-electron chi connectivity index (χ1n) is 8.61. The number of anilines is 2. The number of hydrogen-bond donors (Lipinski definition) is 1. The zero-order chi connectivity index (χ0) is 20.2. The number of nitrogens with zero attached hydrogens (tertiary/aromatic N) is 1. The van der Waals surface area contributed by atoms with Gasteiger partial charge in [0.05, 0.1) is 17.6 Å². The predicted octanol–water partition coefficient (Wildman–Crippen LogP) is 3.92. The molecule has 0 heterocycles. The van der Waals surface area contributed by atoms with Gasteiger partial charge in [0, 0.05) is 13.0 Å². The Labute approximate surface area is 160 Å². The molecule has 0 aromatic heterocycles. The topological polar surface area (TPSA) is 66.5 Å². The predicted molar refractivity (Wildman–Crippen MR) is 107 cm³/mol. The quantitative estimate of drug-likeness (QED) is 0.810. The molecule has 2 aromatic carbocycles. The molecule has 7 heteroatoms. The standard InChI is InChI=1S/C20H25FN2O3S/c1-20(2,3)15-9-11-16(12-10-15)23(27(4,25)26)14-13-19(24)22-18-8-6-5-7-17(18)21/h5-12H,13-14H2,1-4H3,(H,22,24). The molecule has 0 aliphatic heterocycles. The van der Waals surface area contributed by atoms with Gasteiger partial charge in [0.1, 0.15) is 5.82 Å². The number of benzene rings is 2. The van der Waals surface area contributed by atoms with Crippen molar-refractivity contribution >= 4 is 27.3 Å². The molecule has 0 unspecified atom stereocenters. The Kier molecular flexibility index (Phi) is 6.26. The second kappa shape index (κ2) is 8.08. The fraction of sp³-hybridized carbons (Fsp3) is 0.350. The van der Waals surface area contributed by atoms with Gasteiger partial charge in [0.2, 0.25) is 15.9 Å². The van der Waals surface area contributed by atoms with Crippen molar-refractivity contribution in [2.45, 2.75) is 32.6 Å². The molecule has 27 heavy (non-hydrogen) atoms. The first kappa shape index (κ1) is 20.9. The van der Waals surface area contributed by atoms with Gasteiger partial charge in [-0.05, 0) is 35.2 Å². The molecule has 1 N–H and O–H groups in total. The third-order valence-electron chi connectivity index (χ3n) is 4.11. The van der Waals surface area contributed by atoms with Crippen LogP contribution in [-0.4, -0.2) is 27.1 Å². The summed E-state index contributed by atoms with van der Waals surface area (Å²) in [6, 6.07) is 13.1. The number of sulfonamides is 1. The molecule has 0 spiro atoms. The third-order valence-corrected chi connectivity index (χ3v) is 5.31. The van der Waals surface area contributed by atoms with Crippen LogP contribution in [0.1, 0.15) is 32.8 Å². The van der Waals surface area contributed by atoms with E-state index in [1.54, 1.807) is 18.2 Å². The first-order valence-corrected chi connectivity index (χ1v) is 10.5. The van der Waals surface area contributed by atoms with Crippen LogP contribution in [0.2, 0.25) is 0 Å². The Hall–Kier alpha value is -2.41. The second-order valence-electron chi connectivity index (χ2n) is 7.41. The molecule has 146 valence electrons. The largest absolute Gasteiger partial charge is 0.324 e. The lowest BCUT2D eigenvalue weighted by Crippen LogP contribution is -2.33. The highest BCUT2D eigenvalue weighted by atomic mass is 32.2. The molecule has 0 bridgehead atoms. The maximum Gasteiger partial charge on any atom is 0.232 e. The summed E-state index contributed by atoms with van der Waals surface area (Å²) in [5.74, 6) is -0.997. The Morgan fingerprint density at radius 3 is 2.19 bits per heavy atom. The number of para-hydroxylation sites is 1. The van der Waals surface area contributed by atoms with E-state index in [0.717, 1.165) is 11.8 Å². The molecule has 0 atom stereocenters. The lowest BCUT2D eigenvalue weighted by Gasteiger charge is -2.24. The van der Waals surface area contributed by atoms with Crippen molar-refractivity contribution < 1.29 is 17.6 Å². The molecule has 0 aliphatic rings. The van der Waals surface area contributed by atoms with Gasteiger partial charge in [-0.2, -0.15) is 0 Å². The van der Waals surface area contributed by atoms with Gasteiger partial charge in [0.25, 0.3) is 0 Å². The van der Waals surface area contributed by atoms with Gasteiger partial charge in [-0.25, -0.2) is 12.8 Å². The summed E-state index contributed by atoms with van der Waals surface area (Å²) < 4.78 is 39.1. The monoisotopic (exact) mass is 392 g/mol. The Morgan fingerprint density at radius 2 is 1.67 bits per heavy atom. The molecule has 0 saturated heterocycles. The van der Waals surface area contributed by atoms with Crippen LogP contribution in [0.15, 0.2) is 48.5 Å². The highest BCUT2D eigenvalue weighted by Gasteiger charge is 2.20. The summed E-state index contributed by atoms with van der Waals surface area (Å²) in [6.07, 6.45) is 1.00. The minimum atomic E-state index is -3.56. The van der Waals surface area contributed by atoms with Crippen molar-refractivity contribution in [3.05, 3.63) is 59.9 Å². The molecular weight excluding hydrogens is 367 g/mol. The van der Waals surface area contributed by atoms with Gasteiger partial charge in [0.15, 0.2) is 0 Å². The highest BCUT2D eigenvalue weighted by Crippen LogP contribution is 2.26. The van der Waals surface area contributed by atoms with Gasteiger partial charge in [-0.3, -0.25) is 9.10 Å². The van der Waals surface area contributed by atoms with Crippen LogP contribution in [0, 0.1) is 5.82 Å². The van der Waals surface area contributed by atoms with E-state index >= 15 is 0 Å². The number of amides is 1. The summed E-state index contributed by atoms with van der Waals surface area (Å²) in [5, 5.41) is 2.46. The van der Waals surface area contributed by atoms with E-state index in [1.807, 2.05) is 12.1 Å². The Bertz CT molecular complexity index is 904. The zero-order valence-electron chi connectivity index (χ0n) is 16.0. The van der Waals surface area contributed by atoms with Crippen LogP contribution in [-0.2, 0) is 20.2 Å². The fourth-order valence-electron chi connectivity index (χ4n) is 2.59. The molecule has 0 aliphatic carbocycles. The van der Waals surface area contributed by atoms with E-state index in [4.69, 9.17) is 0 Å². The van der Waals surface area contributed by atoms with Crippen LogP contribution in [0.4, 0.5) is 15.8 Å². The van der Waals surface area contributed by atoms with Crippen molar-refractivity contribution in [2.75, 3.05) is 22.4 Å². The minimum absolute atomic E-state index is 0.0337. The molecule has 1 amide bonds.